The summed E-state index contributed by atoms with van der Waals surface area (Å²) >= 11 is 0. The largest absolute Gasteiger partial charge is 0.313 e. The highest BCUT2D eigenvalue weighted by molar-refractivity contribution is 5.14. The Bertz CT molecular complexity index is 297. The molecule has 0 aliphatic heterocycles. The van der Waals surface area contributed by atoms with Crippen LogP contribution in [0.15, 0.2) is 30.3 Å². The number of benzene rings is 1. The van der Waals surface area contributed by atoms with Crippen molar-refractivity contribution < 1.29 is 0 Å². The van der Waals surface area contributed by atoms with Crippen molar-refractivity contribution >= 4 is 0 Å². The zero-order valence-electron chi connectivity index (χ0n) is 9.37. The van der Waals surface area contributed by atoms with Crippen LogP contribution in [0.2, 0.25) is 0 Å². The highest BCUT2D eigenvalue weighted by atomic mass is 14.9. The fraction of sp³-hybridized carbons (Fsp3) is 0.429. The molecule has 0 fully saturated rings. The zero-order chi connectivity index (χ0) is 10.9. The van der Waals surface area contributed by atoms with Crippen molar-refractivity contribution in [3.8, 4) is 12.3 Å². The van der Waals surface area contributed by atoms with Crippen LogP contribution >= 0.6 is 0 Å². The molecule has 0 aromatic heterocycles. The molecule has 0 amide bonds. The van der Waals surface area contributed by atoms with Gasteiger partial charge in [-0.15, -0.1) is 12.3 Å². The van der Waals surface area contributed by atoms with Gasteiger partial charge < -0.3 is 5.32 Å². The number of hydrogen-bond acceptors (Lipinski definition) is 1. The van der Waals surface area contributed by atoms with Gasteiger partial charge in [-0.05, 0) is 25.3 Å². The maximum Gasteiger partial charge on any atom is 0.0211 e. The molecule has 1 N–H and O–H groups in total. The second-order valence-corrected chi connectivity index (χ2v) is 3.83. The molecular weight excluding hydrogens is 182 g/mol. The number of terminal acetylenes is 1. The first-order chi connectivity index (χ1) is 7.33. The summed E-state index contributed by atoms with van der Waals surface area (Å²) in [5.41, 5.74) is 1.41. The third-order valence-corrected chi connectivity index (χ3v) is 2.47. The van der Waals surface area contributed by atoms with E-state index in [1.165, 1.54) is 5.56 Å². The molecule has 0 saturated heterocycles. The minimum Gasteiger partial charge on any atom is -0.313 e. The van der Waals surface area contributed by atoms with Crippen LogP contribution in [-0.2, 0) is 6.42 Å². The molecule has 0 aliphatic rings. The molecule has 80 valence electrons. The first-order valence-corrected chi connectivity index (χ1v) is 5.53. The van der Waals surface area contributed by atoms with E-state index in [1.807, 2.05) is 0 Å². The van der Waals surface area contributed by atoms with Crippen molar-refractivity contribution in [2.24, 2.45) is 0 Å². The first-order valence-electron chi connectivity index (χ1n) is 5.53. The Balaban J connectivity index is 2.17. The van der Waals surface area contributed by atoms with Crippen molar-refractivity contribution in [1.82, 2.24) is 5.32 Å². The van der Waals surface area contributed by atoms with Gasteiger partial charge in [0.15, 0.2) is 0 Å². The molecule has 1 heteroatoms. The lowest BCUT2D eigenvalue weighted by molar-refractivity contribution is 0.522. The summed E-state index contributed by atoms with van der Waals surface area (Å²) in [7, 11) is 0. The van der Waals surface area contributed by atoms with Gasteiger partial charge in [-0.3, -0.25) is 0 Å². The van der Waals surface area contributed by atoms with Crippen molar-refractivity contribution in [3.05, 3.63) is 35.9 Å². The van der Waals surface area contributed by atoms with Gasteiger partial charge in [-0.2, -0.15) is 0 Å². The van der Waals surface area contributed by atoms with Gasteiger partial charge in [-0.25, -0.2) is 0 Å². The predicted molar refractivity (Wildman–Crippen MR) is 65.7 cm³/mol. The number of rotatable bonds is 6. The normalized spacial score (nSPS) is 12.0. The van der Waals surface area contributed by atoms with E-state index in [2.05, 4.69) is 48.5 Å². The van der Waals surface area contributed by atoms with Gasteiger partial charge in [0, 0.05) is 19.0 Å². The van der Waals surface area contributed by atoms with Crippen LogP contribution in [0.5, 0.6) is 0 Å². The maximum absolute atomic E-state index is 5.19. The van der Waals surface area contributed by atoms with E-state index in [9.17, 15) is 0 Å². The van der Waals surface area contributed by atoms with Gasteiger partial charge in [0.25, 0.3) is 0 Å². The maximum atomic E-state index is 5.19. The highest BCUT2D eigenvalue weighted by Gasteiger charge is 2.00. The SMILES string of the molecule is C#CCCNC(C)CCc1ccccc1. The summed E-state index contributed by atoms with van der Waals surface area (Å²) < 4.78 is 0. The fourth-order valence-corrected chi connectivity index (χ4v) is 1.52. The Kier molecular flexibility index (Phi) is 5.58. The summed E-state index contributed by atoms with van der Waals surface area (Å²) in [6.45, 7) is 3.13. The minimum atomic E-state index is 0.540. The summed E-state index contributed by atoms with van der Waals surface area (Å²) in [6.07, 6.45) is 8.30. The summed E-state index contributed by atoms with van der Waals surface area (Å²) in [5.74, 6) is 2.63. The van der Waals surface area contributed by atoms with Crippen LogP contribution in [0.3, 0.4) is 0 Å². The van der Waals surface area contributed by atoms with Gasteiger partial charge in [0.1, 0.15) is 0 Å². The molecule has 1 atom stereocenters. The monoisotopic (exact) mass is 201 g/mol. The Labute approximate surface area is 92.9 Å². The van der Waals surface area contributed by atoms with Crippen molar-refractivity contribution in [1.29, 1.82) is 0 Å². The average molecular weight is 201 g/mol. The summed E-state index contributed by atoms with van der Waals surface area (Å²) in [4.78, 5) is 0. The van der Waals surface area contributed by atoms with Crippen LogP contribution in [0.4, 0.5) is 0 Å². The first kappa shape index (κ1) is 11.8. The van der Waals surface area contributed by atoms with Crippen LogP contribution in [0.1, 0.15) is 25.3 Å². The van der Waals surface area contributed by atoms with E-state index in [0.717, 1.165) is 25.8 Å². The predicted octanol–water partition coefficient (Wildman–Crippen LogP) is 2.62. The topological polar surface area (TPSA) is 12.0 Å². The van der Waals surface area contributed by atoms with Crippen LogP contribution in [0, 0.1) is 12.3 Å². The number of nitrogens with one attached hydrogen (secondary N) is 1. The van der Waals surface area contributed by atoms with E-state index >= 15 is 0 Å². The molecule has 1 aromatic carbocycles. The molecule has 1 unspecified atom stereocenters. The number of aryl methyl sites for hydroxylation is 1. The summed E-state index contributed by atoms with van der Waals surface area (Å²) in [6, 6.07) is 11.1. The fourth-order valence-electron chi connectivity index (χ4n) is 1.52. The molecular formula is C14H19N. The molecule has 1 rings (SSSR count). The third kappa shape index (κ3) is 5.24. The third-order valence-electron chi connectivity index (χ3n) is 2.47. The second kappa shape index (κ2) is 7.09. The van der Waals surface area contributed by atoms with Gasteiger partial charge in [0.05, 0.1) is 0 Å². The minimum absolute atomic E-state index is 0.540. The molecule has 15 heavy (non-hydrogen) atoms. The van der Waals surface area contributed by atoms with Gasteiger partial charge >= 0.3 is 0 Å². The van der Waals surface area contributed by atoms with E-state index in [4.69, 9.17) is 6.42 Å². The van der Waals surface area contributed by atoms with Crippen LogP contribution in [0.25, 0.3) is 0 Å². The Morgan fingerprint density at radius 1 is 1.33 bits per heavy atom. The lowest BCUT2D eigenvalue weighted by Gasteiger charge is -2.12. The number of hydrogen-bond donors (Lipinski definition) is 1. The zero-order valence-corrected chi connectivity index (χ0v) is 9.37. The Morgan fingerprint density at radius 2 is 2.07 bits per heavy atom. The van der Waals surface area contributed by atoms with E-state index in [1.54, 1.807) is 0 Å². The Hall–Kier alpha value is -1.26. The molecule has 0 radical (unpaired) electrons. The van der Waals surface area contributed by atoms with Gasteiger partial charge in [-0.1, -0.05) is 30.3 Å². The molecule has 0 saturated carbocycles. The van der Waals surface area contributed by atoms with E-state index in [0.29, 0.717) is 6.04 Å². The molecule has 0 spiro atoms. The standard InChI is InChI=1S/C14H19N/c1-3-4-12-15-13(2)10-11-14-8-6-5-7-9-14/h1,5-9,13,15H,4,10-12H2,2H3. The molecule has 0 bridgehead atoms. The second-order valence-electron chi connectivity index (χ2n) is 3.83. The quantitative estimate of drug-likeness (QED) is 0.551. The lowest BCUT2D eigenvalue weighted by atomic mass is 10.1. The molecule has 1 aromatic rings. The molecule has 0 heterocycles. The van der Waals surface area contributed by atoms with Crippen molar-refractivity contribution in [3.63, 3.8) is 0 Å². The van der Waals surface area contributed by atoms with Crippen LogP contribution in [-0.4, -0.2) is 12.6 Å². The van der Waals surface area contributed by atoms with Crippen molar-refractivity contribution in [2.45, 2.75) is 32.2 Å². The molecule has 0 aliphatic carbocycles. The highest BCUT2D eigenvalue weighted by Crippen LogP contribution is 2.04. The Morgan fingerprint density at radius 3 is 2.73 bits per heavy atom. The molecule has 1 nitrogen and oxygen atoms in total. The van der Waals surface area contributed by atoms with E-state index in [-0.39, 0.29) is 0 Å². The van der Waals surface area contributed by atoms with E-state index < -0.39 is 0 Å². The average Bonchev–Trinajstić information content (AvgIpc) is 2.28. The van der Waals surface area contributed by atoms with Crippen molar-refractivity contribution in [2.75, 3.05) is 6.54 Å². The van der Waals surface area contributed by atoms with Gasteiger partial charge in [0.2, 0.25) is 0 Å². The van der Waals surface area contributed by atoms with Crippen LogP contribution < -0.4 is 5.32 Å². The summed E-state index contributed by atoms with van der Waals surface area (Å²) in [5, 5.41) is 3.41. The lowest BCUT2D eigenvalue weighted by Crippen LogP contribution is -2.27. The smallest absolute Gasteiger partial charge is 0.0211 e.